The number of nitrogens with one attached hydrogen (secondary N) is 1. The van der Waals surface area contributed by atoms with Crippen molar-refractivity contribution in [2.45, 2.75) is 38.8 Å². The van der Waals surface area contributed by atoms with Crippen molar-refractivity contribution in [1.82, 2.24) is 9.47 Å². The van der Waals surface area contributed by atoms with E-state index in [4.69, 9.17) is 9.73 Å². The lowest BCUT2D eigenvalue weighted by atomic mass is 9.87. The highest BCUT2D eigenvalue weighted by Crippen LogP contribution is 2.38. The number of rotatable bonds is 4. The molecule has 4 heterocycles. The fourth-order valence-corrected chi connectivity index (χ4v) is 5.73. The second-order valence-corrected chi connectivity index (χ2v) is 11.4. The number of aromatic nitrogens is 1. The molecule has 2 aromatic carbocycles. The standard InChI is InChI=1S/C32H35N5O3/c1-21-9-10-22-11-16-27(38)37(29-28(39)25-7-5-6-8-26(25)40-32(29,2)3)31(22)34-30(21)33-23-12-14-24(15-13-23)36-19-17-35(4)18-20-36/h5-8,10-16,29,33H,9,17-20H2,1-4H3. The first kappa shape index (κ1) is 26.1. The fraction of sp³-hybridized carbons (Fsp3) is 0.344. The molecule has 0 radical (unpaired) electrons. The Bertz CT molecular complexity index is 1680. The number of benzene rings is 2. The summed E-state index contributed by atoms with van der Waals surface area (Å²) in [6.45, 7) is 9.86. The van der Waals surface area contributed by atoms with Gasteiger partial charge < -0.3 is 19.9 Å². The normalized spacial score (nSPS) is 20.4. The van der Waals surface area contributed by atoms with Crippen molar-refractivity contribution in [3.63, 3.8) is 0 Å². The average molecular weight is 538 g/mol. The predicted octanol–water partition coefficient (Wildman–Crippen LogP) is 3.34. The maximum atomic E-state index is 13.8. The van der Waals surface area contributed by atoms with Crippen molar-refractivity contribution in [3.05, 3.63) is 98.7 Å². The number of para-hydroxylation sites is 1. The van der Waals surface area contributed by atoms with Gasteiger partial charge in [-0.3, -0.25) is 14.2 Å². The SMILES string of the molecule is CC1=C(Nc2ccc(N3CCN(C)CC3)cc2)N=c2c(ccc(=O)n2C2C(=O)c3ccccc3OC2(C)C)=CC1. The van der Waals surface area contributed by atoms with Crippen LogP contribution in [0, 0.1) is 0 Å². The third-order valence-corrected chi connectivity index (χ3v) is 8.07. The molecule has 1 N–H and O–H groups in total. The number of piperazine rings is 1. The first-order valence-corrected chi connectivity index (χ1v) is 13.8. The van der Waals surface area contributed by atoms with Crippen molar-refractivity contribution in [3.8, 4) is 5.75 Å². The summed E-state index contributed by atoms with van der Waals surface area (Å²) in [5.74, 6) is 1.05. The molecule has 1 aromatic heterocycles. The summed E-state index contributed by atoms with van der Waals surface area (Å²) in [5, 5.41) is 4.29. The quantitative estimate of drug-likeness (QED) is 0.550. The summed E-state index contributed by atoms with van der Waals surface area (Å²) >= 11 is 0. The van der Waals surface area contributed by atoms with Crippen LogP contribution in [-0.4, -0.2) is 54.1 Å². The molecule has 8 heteroatoms. The van der Waals surface area contributed by atoms with Crippen LogP contribution in [0.5, 0.6) is 5.75 Å². The van der Waals surface area contributed by atoms with Crippen LogP contribution in [0.4, 0.5) is 11.4 Å². The van der Waals surface area contributed by atoms with Crippen molar-refractivity contribution in [1.29, 1.82) is 0 Å². The van der Waals surface area contributed by atoms with Crippen LogP contribution in [0.3, 0.4) is 0 Å². The molecule has 0 saturated carbocycles. The van der Waals surface area contributed by atoms with E-state index in [1.54, 1.807) is 18.2 Å². The number of ether oxygens (including phenoxy) is 1. The Hall–Kier alpha value is -4.17. The third kappa shape index (κ3) is 4.73. The predicted molar refractivity (Wildman–Crippen MR) is 158 cm³/mol. The molecule has 1 atom stereocenters. The Morgan fingerprint density at radius 1 is 0.950 bits per heavy atom. The van der Waals surface area contributed by atoms with Gasteiger partial charge in [-0.1, -0.05) is 18.2 Å². The van der Waals surface area contributed by atoms with Crippen LogP contribution in [0.1, 0.15) is 43.6 Å². The smallest absolute Gasteiger partial charge is 0.253 e. The largest absolute Gasteiger partial charge is 0.484 e. The van der Waals surface area contributed by atoms with E-state index in [0.717, 1.165) is 42.7 Å². The Morgan fingerprint density at radius 3 is 2.42 bits per heavy atom. The molecule has 3 aliphatic rings. The van der Waals surface area contributed by atoms with Crippen molar-refractivity contribution >= 4 is 23.2 Å². The lowest BCUT2D eigenvalue weighted by Crippen LogP contribution is -2.56. The van der Waals surface area contributed by atoms with Gasteiger partial charge in [0, 0.05) is 48.8 Å². The zero-order valence-electron chi connectivity index (χ0n) is 23.5. The zero-order valence-corrected chi connectivity index (χ0v) is 23.5. The number of likely N-dealkylation sites (N-methyl/N-ethyl adjacent to an activating group) is 1. The van der Waals surface area contributed by atoms with E-state index in [1.807, 2.05) is 32.9 Å². The molecule has 1 unspecified atom stereocenters. The summed E-state index contributed by atoms with van der Waals surface area (Å²) in [6, 6.07) is 18.0. The van der Waals surface area contributed by atoms with E-state index in [9.17, 15) is 9.59 Å². The minimum Gasteiger partial charge on any atom is -0.484 e. The molecule has 3 aliphatic heterocycles. The van der Waals surface area contributed by atoms with Gasteiger partial charge in [-0.05, 0) is 82.3 Å². The van der Waals surface area contributed by atoms with Gasteiger partial charge in [-0.25, -0.2) is 4.99 Å². The molecule has 1 fully saturated rings. The maximum Gasteiger partial charge on any atom is 0.253 e. The monoisotopic (exact) mass is 537 g/mol. The number of carbonyl (C=O) groups excluding carboxylic acids is 1. The number of pyridine rings is 1. The molecule has 6 rings (SSSR count). The van der Waals surface area contributed by atoms with E-state index in [0.29, 0.717) is 29.0 Å². The highest BCUT2D eigenvalue weighted by Gasteiger charge is 2.45. The zero-order chi connectivity index (χ0) is 28.0. The number of anilines is 2. The number of ketones is 1. The van der Waals surface area contributed by atoms with Gasteiger partial charge in [-0.2, -0.15) is 0 Å². The van der Waals surface area contributed by atoms with Crippen LogP contribution >= 0.6 is 0 Å². The number of allylic oxidation sites excluding steroid dienone is 1. The fourth-order valence-electron chi connectivity index (χ4n) is 5.73. The average Bonchev–Trinajstić information content (AvgIpc) is 3.09. The van der Waals surface area contributed by atoms with Gasteiger partial charge in [-0.15, -0.1) is 0 Å². The molecule has 40 heavy (non-hydrogen) atoms. The number of fused-ring (bicyclic) bond motifs is 2. The van der Waals surface area contributed by atoms with Gasteiger partial charge in [0.2, 0.25) is 0 Å². The summed E-state index contributed by atoms with van der Waals surface area (Å²) in [7, 11) is 2.16. The number of hydrogen-bond donors (Lipinski definition) is 1. The molecule has 0 bridgehead atoms. The van der Waals surface area contributed by atoms with Crippen LogP contribution < -0.4 is 31.2 Å². The Labute approximate surface area is 233 Å². The molecule has 3 aromatic rings. The van der Waals surface area contributed by atoms with E-state index in [-0.39, 0.29) is 11.3 Å². The number of nitrogens with zero attached hydrogens (tertiary/aromatic N) is 4. The Kier molecular flexibility index (Phi) is 6.58. The van der Waals surface area contributed by atoms with E-state index in [1.165, 1.54) is 16.3 Å². The first-order valence-electron chi connectivity index (χ1n) is 13.8. The van der Waals surface area contributed by atoms with Gasteiger partial charge in [0.15, 0.2) is 5.78 Å². The number of hydrogen-bond acceptors (Lipinski definition) is 7. The summed E-state index contributed by atoms with van der Waals surface area (Å²) < 4.78 is 7.79. The topological polar surface area (TPSA) is 79.2 Å². The van der Waals surface area contributed by atoms with Crippen molar-refractivity contribution in [2.75, 3.05) is 43.4 Å². The lowest BCUT2D eigenvalue weighted by molar-refractivity contribution is 0.0281. The second kappa shape index (κ2) is 10.1. The minimum absolute atomic E-state index is 0.156. The van der Waals surface area contributed by atoms with Crippen LogP contribution in [0.25, 0.3) is 6.08 Å². The van der Waals surface area contributed by atoms with Gasteiger partial charge >= 0.3 is 0 Å². The van der Waals surface area contributed by atoms with E-state index >= 15 is 0 Å². The Morgan fingerprint density at radius 2 is 1.68 bits per heavy atom. The second-order valence-electron chi connectivity index (χ2n) is 11.4. The minimum atomic E-state index is -0.961. The van der Waals surface area contributed by atoms with Gasteiger partial charge in [0.25, 0.3) is 5.56 Å². The van der Waals surface area contributed by atoms with Crippen LogP contribution in [-0.2, 0) is 0 Å². The van der Waals surface area contributed by atoms with Crippen LogP contribution in [0.2, 0.25) is 0 Å². The van der Waals surface area contributed by atoms with Crippen LogP contribution in [0.15, 0.2) is 81.8 Å². The molecular formula is C32H35N5O3. The molecule has 0 amide bonds. The summed E-state index contributed by atoms with van der Waals surface area (Å²) in [5.41, 5.74) is 2.82. The molecule has 8 nitrogen and oxygen atoms in total. The van der Waals surface area contributed by atoms with E-state index < -0.39 is 11.6 Å². The summed E-state index contributed by atoms with van der Waals surface area (Å²) in [4.78, 5) is 37.0. The molecule has 1 saturated heterocycles. The maximum absolute atomic E-state index is 13.8. The molecule has 206 valence electrons. The third-order valence-electron chi connectivity index (χ3n) is 8.07. The summed E-state index contributed by atoms with van der Waals surface area (Å²) in [6.07, 6.45) is 2.72. The number of carbonyl (C=O) groups is 1. The molecular weight excluding hydrogens is 502 g/mol. The van der Waals surface area contributed by atoms with Gasteiger partial charge in [0.1, 0.15) is 28.7 Å². The molecule has 0 aliphatic carbocycles. The molecule has 0 spiro atoms. The number of Topliss-reactive ketones (excluding diaryl/α,β-unsaturated/α-hetero) is 1. The first-order chi connectivity index (χ1) is 19.2. The van der Waals surface area contributed by atoms with Gasteiger partial charge in [0.05, 0.1) is 5.56 Å². The van der Waals surface area contributed by atoms with Crippen molar-refractivity contribution < 1.29 is 9.53 Å². The Balaban J connectivity index is 1.38. The van der Waals surface area contributed by atoms with E-state index in [2.05, 4.69) is 52.5 Å². The highest BCUT2D eigenvalue weighted by atomic mass is 16.5. The lowest BCUT2D eigenvalue weighted by Gasteiger charge is -2.39. The van der Waals surface area contributed by atoms with Crippen molar-refractivity contribution in [2.24, 2.45) is 4.99 Å². The highest BCUT2D eigenvalue weighted by molar-refractivity contribution is 6.03.